The molecule has 0 bridgehead atoms. The summed E-state index contributed by atoms with van der Waals surface area (Å²) >= 11 is 0. The van der Waals surface area contributed by atoms with E-state index in [1.54, 1.807) is 14.2 Å². The molecule has 0 saturated heterocycles. The minimum Gasteiger partial charge on any atom is -0.496 e. The molecule has 6 heteroatoms. The molecule has 2 aromatic rings. The van der Waals surface area contributed by atoms with Crippen molar-refractivity contribution in [2.75, 3.05) is 52.2 Å². The van der Waals surface area contributed by atoms with Crippen molar-refractivity contribution in [2.24, 2.45) is 5.92 Å². The summed E-state index contributed by atoms with van der Waals surface area (Å²) in [7, 11) is 11.0. The van der Waals surface area contributed by atoms with Crippen LogP contribution < -0.4 is 19.3 Å². The summed E-state index contributed by atoms with van der Waals surface area (Å²) in [5, 5.41) is 0. The first kappa shape index (κ1) is 25.7. The average molecular weight is 451 g/mol. The first-order chi connectivity index (χ1) is 15.7. The molecular formula is C27H34N2O4. The van der Waals surface area contributed by atoms with Gasteiger partial charge in [-0.3, -0.25) is 9.59 Å². The molecule has 33 heavy (non-hydrogen) atoms. The summed E-state index contributed by atoms with van der Waals surface area (Å²) in [6.45, 7) is 5.36. The van der Waals surface area contributed by atoms with Gasteiger partial charge in [0.25, 0.3) is 0 Å². The first-order valence-electron chi connectivity index (χ1n) is 10.8. The van der Waals surface area contributed by atoms with Crippen LogP contribution >= 0.6 is 0 Å². The van der Waals surface area contributed by atoms with Crippen molar-refractivity contribution in [2.45, 2.75) is 13.3 Å². The smallest absolute Gasteiger partial charge is 0.167 e. The first-order valence-corrected chi connectivity index (χ1v) is 10.8. The lowest BCUT2D eigenvalue weighted by Gasteiger charge is -2.21. The van der Waals surface area contributed by atoms with Gasteiger partial charge in [0, 0.05) is 62.8 Å². The van der Waals surface area contributed by atoms with E-state index in [0.29, 0.717) is 23.5 Å². The van der Waals surface area contributed by atoms with Crippen molar-refractivity contribution in [3.05, 3.63) is 66.3 Å². The number of ether oxygens (including phenoxy) is 2. The van der Waals surface area contributed by atoms with E-state index < -0.39 is 5.92 Å². The van der Waals surface area contributed by atoms with Crippen molar-refractivity contribution in [1.29, 1.82) is 0 Å². The molecule has 0 amide bonds. The van der Waals surface area contributed by atoms with Crippen LogP contribution in [0.3, 0.4) is 0 Å². The van der Waals surface area contributed by atoms with Gasteiger partial charge in [0.05, 0.1) is 20.1 Å². The highest BCUT2D eigenvalue weighted by Gasteiger charge is 2.24. The lowest BCUT2D eigenvalue weighted by molar-refractivity contribution is -0.127. The van der Waals surface area contributed by atoms with Crippen LogP contribution in [-0.4, -0.2) is 54.0 Å². The molecule has 2 rings (SSSR count). The molecule has 0 heterocycles. The monoisotopic (exact) mass is 450 g/mol. The van der Waals surface area contributed by atoms with Gasteiger partial charge >= 0.3 is 0 Å². The number of hydrogen-bond donors (Lipinski definition) is 0. The van der Waals surface area contributed by atoms with Gasteiger partial charge in [0.1, 0.15) is 11.5 Å². The quantitative estimate of drug-likeness (QED) is 0.368. The highest BCUT2D eigenvalue weighted by atomic mass is 16.5. The molecule has 176 valence electrons. The summed E-state index contributed by atoms with van der Waals surface area (Å²) < 4.78 is 11.4. The van der Waals surface area contributed by atoms with Crippen LogP contribution in [0.5, 0.6) is 11.5 Å². The number of allylic oxidation sites excluding steroid dienone is 2. The number of ketones is 2. The van der Waals surface area contributed by atoms with Crippen molar-refractivity contribution < 1.29 is 19.1 Å². The Morgan fingerprint density at radius 1 is 0.879 bits per heavy atom. The van der Waals surface area contributed by atoms with Gasteiger partial charge in [-0.25, -0.2) is 0 Å². The third-order valence-electron chi connectivity index (χ3n) is 5.57. The predicted molar refractivity (Wildman–Crippen MR) is 136 cm³/mol. The molecule has 0 aliphatic heterocycles. The SMILES string of the molecule is C=CC(=O)C(CC)C(=O)C=C(c1ccc(N(C)C)cc1OC)c1ccc(N(C)C)cc1OC. The van der Waals surface area contributed by atoms with Gasteiger partial charge in [-0.2, -0.15) is 0 Å². The molecule has 0 aromatic heterocycles. The summed E-state index contributed by atoms with van der Waals surface area (Å²) in [6, 6.07) is 11.6. The normalized spacial score (nSPS) is 11.2. The van der Waals surface area contributed by atoms with Crippen LogP contribution in [0.15, 0.2) is 55.1 Å². The summed E-state index contributed by atoms with van der Waals surface area (Å²) in [6.07, 6.45) is 3.12. The van der Waals surface area contributed by atoms with Crippen molar-refractivity contribution >= 4 is 28.5 Å². The molecule has 0 aliphatic rings. The van der Waals surface area contributed by atoms with E-state index in [4.69, 9.17) is 9.47 Å². The summed E-state index contributed by atoms with van der Waals surface area (Å²) in [5.41, 5.74) is 4.01. The van der Waals surface area contributed by atoms with Crippen molar-refractivity contribution in [3.8, 4) is 11.5 Å². The second kappa shape index (κ2) is 11.4. The molecule has 0 radical (unpaired) electrons. The Bertz CT molecular complexity index is 993. The zero-order valence-electron chi connectivity index (χ0n) is 20.6. The van der Waals surface area contributed by atoms with Gasteiger partial charge in [0.2, 0.25) is 0 Å². The average Bonchev–Trinajstić information content (AvgIpc) is 2.81. The van der Waals surface area contributed by atoms with Gasteiger partial charge < -0.3 is 19.3 Å². The Morgan fingerprint density at radius 3 is 1.67 bits per heavy atom. The Morgan fingerprint density at radius 2 is 1.33 bits per heavy atom. The third-order valence-corrected chi connectivity index (χ3v) is 5.57. The number of nitrogens with zero attached hydrogens (tertiary/aromatic N) is 2. The van der Waals surface area contributed by atoms with Crippen LogP contribution in [0.4, 0.5) is 11.4 Å². The fraction of sp³-hybridized carbons (Fsp3) is 0.333. The molecule has 6 nitrogen and oxygen atoms in total. The van der Waals surface area contributed by atoms with E-state index in [0.717, 1.165) is 22.5 Å². The van der Waals surface area contributed by atoms with Gasteiger partial charge in [-0.1, -0.05) is 13.5 Å². The molecule has 0 spiro atoms. The van der Waals surface area contributed by atoms with Crippen LogP contribution in [-0.2, 0) is 9.59 Å². The molecule has 1 atom stereocenters. The Balaban J connectivity index is 2.80. The van der Waals surface area contributed by atoms with Gasteiger partial charge in [0.15, 0.2) is 11.6 Å². The Labute approximate surface area is 197 Å². The number of carbonyl (C=O) groups is 2. The maximum absolute atomic E-state index is 13.2. The molecule has 0 saturated carbocycles. The topological polar surface area (TPSA) is 59.1 Å². The largest absolute Gasteiger partial charge is 0.496 e. The second-order valence-electron chi connectivity index (χ2n) is 8.09. The fourth-order valence-corrected chi connectivity index (χ4v) is 3.59. The van der Waals surface area contributed by atoms with Crippen LogP contribution in [0, 0.1) is 5.92 Å². The number of benzene rings is 2. The van der Waals surface area contributed by atoms with E-state index >= 15 is 0 Å². The van der Waals surface area contributed by atoms with E-state index in [-0.39, 0.29) is 11.6 Å². The van der Waals surface area contributed by atoms with Crippen LogP contribution in [0.25, 0.3) is 5.57 Å². The highest BCUT2D eigenvalue weighted by Crippen LogP contribution is 2.39. The zero-order chi connectivity index (χ0) is 24.7. The van der Waals surface area contributed by atoms with Crippen molar-refractivity contribution in [1.82, 2.24) is 0 Å². The summed E-state index contributed by atoms with van der Waals surface area (Å²) in [5.74, 6) is -0.126. The number of anilines is 2. The van der Waals surface area contributed by atoms with E-state index in [1.165, 1.54) is 12.2 Å². The molecule has 0 fully saturated rings. The summed E-state index contributed by atoms with van der Waals surface area (Å²) in [4.78, 5) is 29.5. The number of hydrogen-bond acceptors (Lipinski definition) is 6. The highest BCUT2D eigenvalue weighted by molar-refractivity contribution is 6.14. The van der Waals surface area contributed by atoms with E-state index in [1.807, 2.05) is 81.3 Å². The minimum atomic E-state index is -0.781. The molecular weight excluding hydrogens is 416 g/mol. The Hall–Kier alpha value is -3.54. The maximum atomic E-state index is 13.2. The number of methoxy groups -OCH3 is 2. The molecule has 0 N–H and O–H groups in total. The maximum Gasteiger partial charge on any atom is 0.167 e. The van der Waals surface area contributed by atoms with E-state index in [2.05, 4.69) is 6.58 Å². The second-order valence-corrected chi connectivity index (χ2v) is 8.09. The van der Waals surface area contributed by atoms with Crippen LogP contribution in [0.2, 0.25) is 0 Å². The molecule has 0 aliphatic carbocycles. The number of carbonyl (C=O) groups excluding carboxylic acids is 2. The third kappa shape index (κ3) is 5.83. The fourth-order valence-electron chi connectivity index (χ4n) is 3.59. The minimum absolute atomic E-state index is 0.283. The number of rotatable bonds is 11. The Kier molecular flexibility index (Phi) is 8.85. The molecule has 1 unspecified atom stereocenters. The van der Waals surface area contributed by atoms with Crippen molar-refractivity contribution in [3.63, 3.8) is 0 Å². The van der Waals surface area contributed by atoms with E-state index in [9.17, 15) is 9.59 Å². The zero-order valence-corrected chi connectivity index (χ0v) is 20.6. The van der Waals surface area contributed by atoms with Gasteiger partial charge in [-0.05, 0) is 48.4 Å². The standard InChI is InChI=1S/C27H34N2O4/c1-9-20(24(30)10-2)25(31)17-23(21-13-11-18(28(3)4)15-26(21)32-7)22-14-12-19(29(5)6)16-27(22)33-8/h10-17,20H,2,9H2,1,3-8H3. The van der Waals surface area contributed by atoms with Gasteiger partial charge in [-0.15, -0.1) is 0 Å². The van der Waals surface area contributed by atoms with Crippen LogP contribution in [0.1, 0.15) is 24.5 Å². The molecule has 2 aromatic carbocycles. The lowest BCUT2D eigenvalue weighted by Crippen LogP contribution is -2.20. The predicted octanol–water partition coefficient (Wildman–Crippen LogP) is 4.62. The lowest BCUT2D eigenvalue weighted by atomic mass is 9.89.